The highest BCUT2D eigenvalue weighted by atomic mass is 16.5. The van der Waals surface area contributed by atoms with Gasteiger partial charge in [0.1, 0.15) is 11.5 Å². The smallest absolute Gasteiger partial charge is 0.178 e. The molecule has 0 N–H and O–H groups in total. The Labute approximate surface area is 178 Å². The summed E-state index contributed by atoms with van der Waals surface area (Å²) >= 11 is 0. The quantitative estimate of drug-likeness (QED) is 0.710. The second-order valence-electron chi connectivity index (χ2n) is 8.31. The Hall–Kier alpha value is -2.57. The van der Waals surface area contributed by atoms with Gasteiger partial charge in [-0.2, -0.15) is 0 Å². The van der Waals surface area contributed by atoms with Crippen LogP contribution >= 0.6 is 0 Å². The van der Waals surface area contributed by atoms with Gasteiger partial charge in [0.25, 0.3) is 0 Å². The molecule has 0 saturated carbocycles. The zero-order valence-electron chi connectivity index (χ0n) is 18.1. The fourth-order valence-electron chi connectivity index (χ4n) is 4.64. The van der Waals surface area contributed by atoms with Crippen LogP contribution in [0.2, 0.25) is 0 Å². The highest BCUT2D eigenvalue weighted by molar-refractivity contribution is 6.04. The lowest BCUT2D eigenvalue weighted by Gasteiger charge is -2.42. The summed E-state index contributed by atoms with van der Waals surface area (Å²) in [6, 6.07) is 10.2. The molecule has 1 aromatic carbocycles. The fraction of sp³-hybridized carbons (Fsp3) is 0.458. The van der Waals surface area contributed by atoms with Gasteiger partial charge in [0, 0.05) is 49.7 Å². The maximum atomic E-state index is 13.5. The monoisotopic (exact) mass is 409 g/mol. The summed E-state index contributed by atoms with van der Waals surface area (Å²) in [6.07, 6.45) is 8.52. The number of carbonyl (C=O) groups excluding carboxylic acids is 1. The van der Waals surface area contributed by atoms with Gasteiger partial charge in [-0.25, -0.2) is 0 Å². The minimum Gasteiger partial charge on any atom is -0.497 e. The van der Waals surface area contributed by atoms with Crippen molar-refractivity contribution in [2.45, 2.75) is 24.9 Å². The van der Waals surface area contributed by atoms with Gasteiger partial charge < -0.3 is 14.0 Å². The summed E-state index contributed by atoms with van der Waals surface area (Å²) in [6.45, 7) is 3.32. The molecule has 0 aliphatic carbocycles. The molecule has 0 bridgehead atoms. The number of carbonyl (C=O) groups is 1. The largest absolute Gasteiger partial charge is 0.497 e. The van der Waals surface area contributed by atoms with Gasteiger partial charge in [0.05, 0.1) is 20.3 Å². The summed E-state index contributed by atoms with van der Waals surface area (Å²) in [7, 11) is 5.37. The Balaban J connectivity index is 1.56. The van der Waals surface area contributed by atoms with Crippen LogP contribution in [-0.4, -0.2) is 73.6 Å². The molecule has 2 fully saturated rings. The lowest BCUT2D eigenvalue weighted by atomic mass is 9.93. The molecule has 2 atom stereocenters. The van der Waals surface area contributed by atoms with E-state index in [4.69, 9.17) is 9.47 Å². The third-order valence-corrected chi connectivity index (χ3v) is 6.18. The summed E-state index contributed by atoms with van der Waals surface area (Å²) in [5, 5.41) is 0. The van der Waals surface area contributed by atoms with Crippen LogP contribution in [-0.2, 0) is 4.79 Å². The Morgan fingerprint density at radius 1 is 1.03 bits per heavy atom. The van der Waals surface area contributed by atoms with Gasteiger partial charge in [-0.1, -0.05) is 0 Å². The van der Waals surface area contributed by atoms with Crippen molar-refractivity contribution in [3.05, 3.63) is 53.9 Å². The molecule has 2 aromatic rings. The Kier molecular flexibility index (Phi) is 6.25. The fourth-order valence-corrected chi connectivity index (χ4v) is 4.64. The molecule has 0 spiro atoms. The van der Waals surface area contributed by atoms with E-state index in [2.05, 4.69) is 45.9 Å². The van der Waals surface area contributed by atoms with Crippen molar-refractivity contribution in [3.63, 3.8) is 0 Å². The minimum atomic E-state index is -0.0964. The maximum absolute atomic E-state index is 13.5. The molecule has 30 heavy (non-hydrogen) atoms. The molecule has 2 saturated heterocycles. The van der Waals surface area contributed by atoms with Crippen LogP contribution in [0.3, 0.4) is 0 Å². The average Bonchev–Trinajstić information content (AvgIpc) is 3.31. The zero-order chi connectivity index (χ0) is 21.1. The molecule has 1 aromatic heterocycles. The number of aromatic nitrogens is 1. The number of nitrogens with zero attached hydrogens (tertiary/aromatic N) is 3. The normalized spacial score (nSPS) is 24.9. The third kappa shape index (κ3) is 4.45. The molecular weight excluding hydrogens is 378 g/mol. The van der Waals surface area contributed by atoms with E-state index < -0.39 is 0 Å². The lowest BCUT2D eigenvalue weighted by molar-refractivity contribution is -0.123. The van der Waals surface area contributed by atoms with Gasteiger partial charge in [-0.3, -0.25) is 14.6 Å². The van der Waals surface area contributed by atoms with Gasteiger partial charge in [-0.15, -0.1) is 0 Å². The van der Waals surface area contributed by atoms with Crippen LogP contribution < -0.4 is 9.47 Å². The van der Waals surface area contributed by atoms with Crippen molar-refractivity contribution in [2.24, 2.45) is 0 Å². The van der Waals surface area contributed by atoms with Crippen molar-refractivity contribution in [2.75, 3.05) is 47.4 Å². The number of likely N-dealkylation sites (tertiary alicyclic amines) is 2. The number of ether oxygens (including phenoxy) is 2. The van der Waals surface area contributed by atoms with Crippen molar-refractivity contribution in [1.82, 2.24) is 14.4 Å². The molecule has 6 nitrogen and oxygen atoms in total. The first-order valence-electron chi connectivity index (χ1n) is 10.6. The Bertz CT molecular complexity index is 884. The van der Waals surface area contributed by atoms with Crippen molar-refractivity contribution in [3.8, 4) is 11.5 Å². The maximum Gasteiger partial charge on any atom is 0.178 e. The molecule has 3 heterocycles. The van der Waals surface area contributed by atoms with Gasteiger partial charge in [0.2, 0.25) is 0 Å². The first kappa shape index (κ1) is 20.7. The van der Waals surface area contributed by atoms with Gasteiger partial charge in [-0.05, 0) is 62.3 Å². The zero-order valence-corrected chi connectivity index (χ0v) is 18.1. The van der Waals surface area contributed by atoms with Crippen LogP contribution in [0.4, 0.5) is 0 Å². The number of ketones is 1. The second-order valence-corrected chi connectivity index (χ2v) is 8.31. The van der Waals surface area contributed by atoms with Crippen molar-refractivity contribution >= 4 is 11.9 Å². The van der Waals surface area contributed by atoms with E-state index in [1.54, 1.807) is 14.2 Å². The molecular formula is C24H31N3O3. The Morgan fingerprint density at radius 2 is 1.73 bits per heavy atom. The number of rotatable bonds is 5. The number of likely N-dealkylation sites (N-methyl/N-ethyl adjacent to an activating group) is 1. The van der Waals surface area contributed by atoms with E-state index in [0.29, 0.717) is 12.6 Å². The van der Waals surface area contributed by atoms with E-state index in [0.717, 1.165) is 55.1 Å². The highest BCUT2D eigenvalue weighted by Crippen LogP contribution is 2.28. The summed E-state index contributed by atoms with van der Waals surface area (Å²) < 4.78 is 13.0. The molecule has 6 heteroatoms. The van der Waals surface area contributed by atoms with E-state index in [9.17, 15) is 4.79 Å². The minimum absolute atomic E-state index is 0.0964. The van der Waals surface area contributed by atoms with E-state index in [-0.39, 0.29) is 11.8 Å². The van der Waals surface area contributed by atoms with Gasteiger partial charge >= 0.3 is 0 Å². The van der Waals surface area contributed by atoms with E-state index >= 15 is 0 Å². The average molecular weight is 410 g/mol. The first-order valence-corrected chi connectivity index (χ1v) is 10.6. The van der Waals surface area contributed by atoms with Crippen molar-refractivity contribution in [1.29, 1.82) is 0 Å². The van der Waals surface area contributed by atoms with Crippen LogP contribution in [0.1, 0.15) is 24.4 Å². The predicted molar refractivity (Wildman–Crippen MR) is 118 cm³/mol. The summed E-state index contributed by atoms with van der Waals surface area (Å²) in [4.78, 5) is 18.1. The second kappa shape index (κ2) is 9.06. The van der Waals surface area contributed by atoms with Crippen LogP contribution in [0.15, 0.2) is 48.3 Å². The van der Waals surface area contributed by atoms with Crippen LogP contribution in [0, 0.1) is 0 Å². The number of Topliss-reactive ketones (excluding diaryl/α,β-unsaturated/α-hetero) is 1. The van der Waals surface area contributed by atoms with Crippen LogP contribution in [0.25, 0.3) is 6.08 Å². The molecule has 4 rings (SSSR count). The number of benzene rings is 1. The highest BCUT2D eigenvalue weighted by Gasteiger charge is 2.36. The number of hydrogen-bond donors (Lipinski definition) is 0. The molecule has 0 amide bonds. The third-order valence-electron chi connectivity index (χ3n) is 6.18. The molecule has 2 unspecified atom stereocenters. The lowest BCUT2D eigenvalue weighted by Crippen LogP contribution is -2.55. The van der Waals surface area contributed by atoms with Crippen molar-refractivity contribution < 1.29 is 14.3 Å². The topological polar surface area (TPSA) is 46.9 Å². The van der Waals surface area contributed by atoms with E-state index in [1.165, 1.54) is 0 Å². The predicted octanol–water partition coefficient (Wildman–Crippen LogP) is 3.11. The number of methoxy groups -OCH3 is 2. The number of piperidine rings is 2. The molecule has 2 aliphatic rings. The molecule has 0 radical (unpaired) electrons. The molecule has 160 valence electrons. The Morgan fingerprint density at radius 3 is 2.40 bits per heavy atom. The molecule has 2 aliphatic heterocycles. The van der Waals surface area contributed by atoms with Gasteiger partial charge in [0.15, 0.2) is 5.78 Å². The van der Waals surface area contributed by atoms with Crippen LogP contribution in [0.5, 0.6) is 11.5 Å². The standard InChI is InChI=1S/C24H31N3O3/c1-25-15-19(11-18-12-21(29-2)14-22(13-18)30-3)24(28)23(17-25)27-10-6-7-20(16-27)26-8-4-5-9-26/h4-5,8-9,11-14,20,23H,6-7,10,15-17H2,1-3H3. The first-order chi connectivity index (χ1) is 14.6. The SMILES string of the molecule is COc1cc(C=C2CN(C)CC(N3CCCC(n4cccc4)C3)C2=O)cc(OC)c1. The van der Waals surface area contributed by atoms with E-state index in [1.807, 2.05) is 24.3 Å². The summed E-state index contributed by atoms with van der Waals surface area (Å²) in [5.74, 6) is 1.68. The summed E-state index contributed by atoms with van der Waals surface area (Å²) in [5.41, 5.74) is 1.76. The number of hydrogen-bond acceptors (Lipinski definition) is 5.